The summed E-state index contributed by atoms with van der Waals surface area (Å²) in [6.45, 7) is -3.20. The number of nitrogens with zero attached hydrogens (tertiary/aromatic N) is 1. The molecule has 2 aromatic rings. The van der Waals surface area contributed by atoms with Crippen molar-refractivity contribution < 1.29 is 61.6 Å². The summed E-state index contributed by atoms with van der Waals surface area (Å²) in [5.74, 6) is -4.54. The third-order valence-corrected chi connectivity index (χ3v) is 11.4. The van der Waals surface area contributed by atoms with Gasteiger partial charge >= 0.3 is 18.0 Å². The quantitative estimate of drug-likeness (QED) is 0.354. The Labute approximate surface area is 249 Å². The van der Waals surface area contributed by atoms with Crippen LogP contribution in [0.3, 0.4) is 0 Å². The molecule has 0 spiro atoms. The molecule has 1 aliphatic heterocycles. The van der Waals surface area contributed by atoms with Crippen LogP contribution >= 0.6 is 0 Å². The topological polar surface area (TPSA) is 83.6 Å². The molecule has 1 heterocycles. The fraction of sp³-hybridized carbons (Fsp3) is 0.500. The van der Waals surface area contributed by atoms with Crippen LogP contribution in [0.15, 0.2) is 47.4 Å². The molecule has 2 aromatic carbocycles. The van der Waals surface area contributed by atoms with Gasteiger partial charge in [-0.05, 0) is 61.1 Å². The predicted molar refractivity (Wildman–Crippen MR) is 136 cm³/mol. The van der Waals surface area contributed by atoms with Gasteiger partial charge in [-0.3, -0.25) is 9.59 Å². The Kier molecular flexibility index (Phi) is 6.65. The summed E-state index contributed by atoms with van der Waals surface area (Å²) >= 11 is 0. The van der Waals surface area contributed by atoms with Crippen molar-refractivity contribution >= 4 is 21.7 Å². The number of likely N-dealkylation sites (tertiary alicyclic amines) is 1. The van der Waals surface area contributed by atoms with Crippen LogP contribution in [0.1, 0.15) is 46.5 Å². The maximum Gasteiger partial charge on any atom is 0.435 e. The van der Waals surface area contributed by atoms with Gasteiger partial charge in [0.05, 0.1) is 4.90 Å². The van der Waals surface area contributed by atoms with Crippen LogP contribution < -0.4 is 5.32 Å². The lowest BCUT2D eigenvalue weighted by Crippen LogP contribution is -2.52. The molecule has 0 aromatic heterocycles. The number of halogens is 9. The Morgan fingerprint density at radius 1 is 1.02 bits per heavy atom. The number of hydrogen-bond acceptors (Lipinski definition) is 4. The molecular formula is C28H25F9N2O4S. The van der Waals surface area contributed by atoms with Crippen LogP contribution in [-0.4, -0.2) is 62.7 Å². The highest BCUT2D eigenvalue weighted by atomic mass is 32.2. The number of fused-ring (bicyclic) bond motifs is 3. The molecule has 0 bridgehead atoms. The Morgan fingerprint density at radius 2 is 1.66 bits per heavy atom. The molecule has 6 nitrogen and oxygen atoms in total. The third-order valence-electron chi connectivity index (χ3n) is 8.86. The zero-order chi connectivity index (χ0) is 35.1. The first-order valence-corrected chi connectivity index (χ1v) is 14.7. The second-order valence-corrected chi connectivity index (χ2v) is 13.3. The van der Waals surface area contributed by atoms with E-state index in [4.69, 9.17) is 4.11 Å². The lowest BCUT2D eigenvalue weighted by molar-refractivity contribution is -0.348. The SMILES string of the molecule is [2H]C([2H])([2H])N1C(=O)[C@@H](F)C[C@@H]1C(=O)N[C@@H]1CC[C@@]2(S(=O)(=O)c3ccc(F)cc3)c3ccc(C(F)(C(F)(F)F)C(F)(F)F)cc3CC[C@@H]12. The second-order valence-electron chi connectivity index (χ2n) is 11.1. The Bertz CT molecular complexity index is 1690. The van der Waals surface area contributed by atoms with E-state index in [9.17, 15) is 57.5 Å². The molecule has 5 atom stereocenters. The molecule has 2 fully saturated rings. The van der Waals surface area contributed by atoms with E-state index in [-0.39, 0.29) is 47.8 Å². The van der Waals surface area contributed by atoms with Gasteiger partial charge in [0.15, 0.2) is 16.0 Å². The minimum Gasteiger partial charge on any atom is -0.351 e. The van der Waals surface area contributed by atoms with Crippen molar-refractivity contribution in [2.45, 2.75) is 78.0 Å². The fourth-order valence-corrected chi connectivity index (χ4v) is 9.23. The number of aryl methyl sites for hydroxylation is 1. The van der Waals surface area contributed by atoms with Crippen molar-refractivity contribution in [2.75, 3.05) is 6.98 Å². The maximum absolute atomic E-state index is 15.0. The number of benzene rings is 2. The highest BCUT2D eigenvalue weighted by Gasteiger charge is 2.74. The number of carbonyl (C=O) groups is 2. The van der Waals surface area contributed by atoms with E-state index in [1.807, 2.05) is 0 Å². The first-order chi connectivity index (χ1) is 21.5. The molecule has 16 heteroatoms. The number of rotatable bonds is 5. The molecule has 3 aliphatic rings. The number of nitrogens with one attached hydrogen (secondary N) is 1. The van der Waals surface area contributed by atoms with Gasteiger partial charge in [0, 0.05) is 35.0 Å². The summed E-state index contributed by atoms with van der Waals surface area (Å²) in [6, 6.07) is 1.73. The third kappa shape index (κ3) is 4.57. The molecule has 240 valence electrons. The molecule has 1 N–H and O–H groups in total. The molecule has 5 rings (SSSR count). The second kappa shape index (κ2) is 10.4. The van der Waals surface area contributed by atoms with Crippen molar-refractivity contribution in [3.05, 3.63) is 65.0 Å². The standard InChI is InChI=1S/C28H25F9N2O4S/c1-39-22(13-20(30)24(39)41)23(40)38-21-10-11-25(44(42,43)17-6-4-16(29)5-7-17)18-9-3-15(12-14(18)2-8-19(21)25)26(31,27(32,33)34)28(35,36)37/h3-7,9,12,19-22H,2,8,10-11,13H2,1H3,(H,38,40)/t19-,20-,21+,22+,25+/m0/s1/i1D3. The zero-order valence-electron chi connectivity index (χ0n) is 25.3. The first-order valence-electron chi connectivity index (χ1n) is 14.7. The molecular weight excluding hydrogens is 631 g/mol. The number of hydrogen-bond donors (Lipinski definition) is 1. The molecule has 0 unspecified atom stereocenters. The smallest absolute Gasteiger partial charge is 0.351 e. The van der Waals surface area contributed by atoms with E-state index in [1.54, 1.807) is 0 Å². The Morgan fingerprint density at radius 3 is 2.25 bits per heavy atom. The summed E-state index contributed by atoms with van der Waals surface area (Å²) in [6.07, 6.45) is -17.2. The Balaban J connectivity index is 1.61. The normalized spacial score (nSPS) is 29.0. The van der Waals surface area contributed by atoms with E-state index in [0.29, 0.717) is 12.1 Å². The summed E-state index contributed by atoms with van der Waals surface area (Å²) in [5, 5.41) is 2.50. The van der Waals surface area contributed by atoms with Gasteiger partial charge < -0.3 is 10.2 Å². The highest BCUT2D eigenvalue weighted by molar-refractivity contribution is 7.92. The monoisotopic (exact) mass is 659 g/mol. The summed E-state index contributed by atoms with van der Waals surface area (Å²) in [4.78, 5) is 25.1. The molecule has 2 amide bonds. The lowest BCUT2D eigenvalue weighted by Gasteiger charge is -2.43. The van der Waals surface area contributed by atoms with E-state index in [0.717, 1.165) is 24.3 Å². The number of amides is 2. The van der Waals surface area contributed by atoms with E-state index >= 15 is 0 Å². The average Bonchev–Trinajstić information content (AvgIpc) is 3.49. The van der Waals surface area contributed by atoms with Gasteiger partial charge in [0.2, 0.25) is 5.91 Å². The molecule has 44 heavy (non-hydrogen) atoms. The van der Waals surface area contributed by atoms with Crippen molar-refractivity contribution in [3.63, 3.8) is 0 Å². The molecule has 2 aliphatic carbocycles. The molecule has 0 radical (unpaired) electrons. The summed E-state index contributed by atoms with van der Waals surface area (Å²) < 4.78 is 174. The first kappa shape index (κ1) is 28.2. The number of alkyl halides is 8. The van der Waals surface area contributed by atoms with Crippen LogP contribution in [0.25, 0.3) is 0 Å². The zero-order valence-corrected chi connectivity index (χ0v) is 23.1. The highest BCUT2D eigenvalue weighted by Crippen LogP contribution is 2.59. The van der Waals surface area contributed by atoms with Gasteiger partial charge in [0.1, 0.15) is 16.6 Å². The van der Waals surface area contributed by atoms with Crippen molar-refractivity contribution in [2.24, 2.45) is 5.92 Å². The van der Waals surface area contributed by atoms with Crippen LogP contribution in [0, 0.1) is 11.7 Å². The van der Waals surface area contributed by atoms with E-state index in [2.05, 4.69) is 5.32 Å². The molecule has 1 saturated carbocycles. The average molecular weight is 660 g/mol. The van der Waals surface area contributed by atoms with Crippen molar-refractivity contribution in [1.82, 2.24) is 10.2 Å². The fourth-order valence-electron chi connectivity index (χ4n) is 6.76. The number of carbonyl (C=O) groups excluding carboxylic acids is 2. The van der Waals surface area contributed by atoms with Crippen LogP contribution in [0.5, 0.6) is 0 Å². The number of likely N-dealkylation sites (N-methyl/N-ethyl adjacent to an activating group) is 1. The Hall–Kier alpha value is -3.30. The maximum atomic E-state index is 15.0. The van der Waals surface area contributed by atoms with Crippen LogP contribution in [0.4, 0.5) is 39.5 Å². The van der Waals surface area contributed by atoms with Crippen LogP contribution in [-0.2, 0) is 36.3 Å². The number of sulfone groups is 1. The van der Waals surface area contributed by atoms with Gasteiger partial charge in [-0.2, -0.15) is 26.3 Å². The summed E-state index contributed by atoms with van der Waals surface area (Å²) in [7, 11) is -4.71. The molecule has 1 saturated heterocycles. The van der Waals surface area contributed by atoms with Gasteiger partial charge in [-0.15, -0.1) is 0 Å². The minimum absolute atomic E-state index is 0.104. The van der Waals surface area contributed by atoms with Gasteiger partial charge in [-0.25, -0.2) is 21.6 Å². The van der Waals surface area contributed by atoms with Gasteiger partial charge in [-0.1, -0.05) is 18.2 Å². The van der Waals surface area contributed by atoms with Crippen LogP contribution in [0.2, 0.25) is 0 Å². The van der Waals surface area contributed by atoms with Crippen molar-refractivity contribution in [3.8, 4) is 0 Å². The minimum atomic E-state index is -6.43. The summed E-state index contributed by atoms with van der Waals surface area (Å²) in [5.41, 5.74) is -8.19. The van der Waals surface area contributed by atoms with E-state index < -0.39 is 98.3 Å². The largest absolute Gasteiger partial charge is 0.435 e. The predicted octanol–water partition coefficient (Wildman–Crippen LogP) is 5.19. The lowest BCUT2D eigenvalue weighted by atomic mass is 9.74. The van der Waals surface area contributed by atoms with E-state index in [1.165, 1.54) is 0 Å². The van der Waals surface area contributed by atoms with Crippen molar-refractivity contribution in [1.29, 1.82) is 0 Å². The van der Waals surface area contributed by atoms with Gasteiger partial charge in [0.25, 0.3) is 5.91 Å².